The van der Waals surface area contributed by atoms with Crippen molar-refractivity contribution < 1.29 is 19.4 Å². The van der Waals surface area contributed by atoms with Crippen molar-refractivity contribution in [1.29, 1.82) is 0 Å². The summed E-state index contributed by atoms with van der Waals surface area (Å²) in [5.41, 5.74) is 2.22. The SMILES string of the molecule is Cc1cc(/C(O)=C2\C(=O)C(=O)N(CCCN(C)C)C2c2ccc(Br)cc2)ccc1OC(C)C. The van der Waals surface area contributed by atoms with E-state index < -0.39 is 17.7 Å². The highest BCUT2D eigenvalue weighted by atomic mass is 79.9. The Kier molecular flexibility index (Phi) is 7.97. The van der Waals surface area contributed by atoms with E-state index >= 15 is 0 Å². The van der Waals surface area contributed by atoms with Crippen molar-refractivity contribution in [2.75, 3.05) is 27.2 Å². The average molecular weight is 515 g/mol. The minimum Gasteiger partial charge on any atom is -0.507 e. The summed E-state index contributed by atoms with van der Waals surface area (Å²) in [5.74, 6) is -0.698. The first kappa shape index (κ1) is 25.0. The Morgan fingerprint density at radius 2 is 1.82 bits per heavy atom. The van der Waals surface area contributed by atoms with Gasteiger partial charge >= 0.3 is 0 Å². The van der Waals surface area contributed by atoms with E-state index in [0.717, 1.165) is 27.9 Å². The number of nitrogens with zero attached hydrogens (tertiary/aromatic N) is 2. The first-order valence-electron chi connectivity index (χ1n) is 11.1. The Morgan fingerprint density at radius 1 is 1.15 bits per heavy atom. The molecular weight excluding hydrogens is 484 g/mol. The largest absolute Gasteiger partial charge is 0.507 e. The summed E-state index contributed by atoms with van der Waals surface area (Å²) in [7, 11) is 3.94. The summed E-state index contributed by atoms with van der Waals surface area (Å²) in [5, 5.41) is 11.2. The molecule has 1 N–H and O–H groups in total. The Labute approximate surface area is 204 Å². The smallest absolute Gasteiger partial charge is 0.295 e. The molecule has 2 aromatic carbocycles. The molecule has 1 fully saturated rings. The molecule has 1 unspecified atom stereocenters. The van der Waals surface area contributed by atoms with E-state index in [1.54, 1.807) is 23.1 Å². The van der Waals surface area contributed by atoms with Gasteiger partial charge in [0, 0.05) is 16.6 Å². The number of ketones is 1. The minimum absolute atomic E-state index is 0.0213. The van der Waals surface area contributed by atoms with Gasteiger partial charge in [-0.05, 0) is 89.3 Å². The molecule has 0 aromatic heterocycles. The van der Waals surface area contributed by atoms with Crippen LogP contribution in [0.1, 0.15) is 43.0 Å². The van der Waals surface area contributed by atoms with Crippen molar-refractivity contribution in [1.82, 2.24) is 9.80 Å². The standard InChI is InChI=1S/C26H31BrN2O4/c1-16(2)33-21-12-9-19(15-17(21)3)24(30)22-23(18-7-10-20(27)11-8-18)29(26(32)25(22)31)14-6-13-28(4)5/h7-12,15-16,23,30H,6,13-14H2,1-5H3/b24-22+. The molecule has 0 bridgehead atoms. The van der Waals surface area contributed by atoms with Gasteiger partial charge in [0.2, 0.25) is 0 Å². The number of rotatable bonds is 8. The third kappa shape index (κ3) is 5.65. The minimum atomic E-state index is -0.662. The summed E-state index contributed by atoms with van der Waals surface area (Å²) in [6.45, 7) is 6.99. The number of hydrogen-bond donors (Lipinski definition) is 1. The van der Waals surface area contributed by atoms with Crippen LogP contribution in [0.15, 0.2) is 52.5 Å². The molecule has 33 heavy (non-hydrogen) atoms. The Bertz CT molecular complexity index is 1060. The fourth-order valence-electron chi connectivity index (χ4n) is 4.00. The second-order valence-corrected chi connectivity index (χ2v) is 9.76. The molecule has 0 aliphatic carbocycles. The van der Waals surface area contributed by atoms with E-state index in [0.29, 0.717) is 18.5 Å². The van der Waals surface area contributed by atoms with Gasteiger partial charge in [0.05, 0.1) is 17.7 Å². The van der Waals surface area contributed by atoms with Gasteiger partial charge in [-0.25, -0.2) is 0 Å². The number of amides is 1. The number of aliphatic hydroxyl groups is 1. The molecule has 176 valence electrons. The Morgan fingerprint density at radius 3 is 2.39 bits per heavy atom. The molecule has 1 heterocycles. The van der Waals surface area contributed by atoms with Crippen LogP contribution in [0.5, 0.6) is 5.75 Å². The van der Waals surface area contributed by atoms with Crippen LogP contribution < -0.4 is 4.74 Å². The lowest BCUT2D eigenvalue weighted by Crippen LogP contribution is -2.32. The van der Waals surface area contributed by atoms with Gasteiger partial charge in [-0.2, -0.15) is 0 Å². The summed E-state index contributed by atoms with van der Waals surface area (Å²) >= 11 is 3.44. The highest BCUT2D eigenvalue weighted by Gasteiger charge is 2.45. The molecule has 6 nitrogen and oxygen atoms in total. The monoisotopic (exact) mass is 514 g/mol. The summed E-state index contributed by atoms with van der Waals surface area (Å²) in [6, 6.07) is 12.1. The van der Waals surface area contributed by atoms with E-state index in [-0.39, 0.29) is 17.4 Å². The molecule has 1 amide bonds. The van der Waals surface area contributed by atoms with Crippen LogP contribution in [0.25, 0.3) is 5.76 Å². The molecule has 1 saturated heterocycles. The molecule has 1 aliphatic rings. The summed E-state index contributed by atoms with van der Waals surface area (Å²) in [4.78, 5) is 29.7. The van der Waals surface area contributed by atoms with Crippen molar-refractivity contribution in [3.63, 3.8) is 0 Å². The van der Waals surface area contributed by atoms with E-state index in [2.05, 4.69) is 15.9 Å². The normalized spacial score (nSPS) is 17.9. The van der Waals surface area contributed by atoms with E-state index in [9.17, 15) is 14.7 Å². The van der Waals surface area contributed by atoms with Gasteiger partial charge < -0.3 is 19.6 Å². The van der Waals surface area contributed by atoms with Gasteiger partial charge in [0.15, 0.2) is 0 Å². The van der Waals surface area contributed by atoms with Crippen LogP contribution in [-0.2, 0) is 9.59 Å². The van der Waals surface area contributed by atoms with Crippen molar-refractivity contribution >= 4 is 33.4 Å². The molecule has 0 radical (unpaired) electrons. The molecule has 1 aliphatic heterocycles. The molecule has 0 saturated carbocycles. The van der Waals surface area contributed by atoms with Crippen molar-refractivity contribution in [2.24, 2.45) is 0 Å². The zero-order chi connectivity index (χ0) is 24.3. The molecule has 2 aromatic rings. The maximum atomic E-state index is 13.1. The van der Waals surface area contributed by atoms with E-state index in [1.165, 1.54) is 0 Å². The van der Waals surface area contributed by atoms with E-state index in [1.807, 2.05) is 64.0 Å². The number of aryl methyl sites for hydroxylation is 1. The number of halogens is 1. The number of Topliss-reactive ketones (excluding diaryl/α,β-unsaturated/α-hetero) is 1. The molecule has 3 rings (SSSR count). The number of hydrogen-bond acceptors (Lipinski definition) is 5. The summed E-state index contributed by atoms with van der Waals surface area (Å²) in [6.07, 6.45) is 0.737. The predicted molar refractivity (Wildman–Crippen MR) is 133 cm³/mol. The van der Waals surface area contributed by atoms with Crippen LogP contribution in [0.3, 0.4) is 0 Å². The highest BCUT2D eigenvalue weighted by molar-refractivity contribution is 9.10. The number of likely N-dealkylation sites (tertiary alicyclic amines) is 1. The molecule has 0 spiro atoms. The van der Waals surface area contributed by atoms with Crippen LogP contribution in [0, 0.1) is 6.92 Å². The number of aliphatic hydroxyl groups excluding tert-OH is 1. The second kappa shape index (κ2) is 10.5. The van der Waals surface area contributed by atoms with Gasteiger partial charge in [0.25, 0.3) is 11.7 Å². The van der Waals surface area contributed by atoms with Gasteiger partial charge in [-0.1, -0.05) is 28.1 Å². The molecule has 7 heteroatoms. The first-order chi connectivity index (χ1) is 15.6. The summed E-state index contributed by atoms with van der Waals surface area (Å²) < 4.78 is 6.69. The highest BCUT2D eigenvalue weighted by Crippen LogP contribution is 2.40. The van der Waals surface area contributed by atoms with Crippen LogP contribution in [0.4, 0.5) is 0 Å². The van der Waals surface area contributed by atoms with Gasteiger partial charge in [-0.15, -0.1) is 0 Å². The van der Waals surface area contributed by atoms with Crippen molar-refractivity contribution in [2.45, 2.75) is 39.3 Å². The lowest BCUT2D eigenvalue weighted by molar-refractivity contribution is -0.139. The van der Waals surface area contributed by atoms with Crippen molar-refractivity contribution in [3.05, 3.63) is 69.2 Å². The predicted octanol–water partition coefficient (Wildman–Crippen LogP) is 4.92. The average Bonchev–Trinajstić information content (AvgIpc) is 2.99. The quantitative estimate of drug-likeness (QED) is 0.307. The lowest BCUT2D eigenvalue weighted by Gasteiger charge is -2.26. The number of carbonyl (C=O) groups is 2. The maximum absolute atomic E-state index is 13.1. The van der Waals surface area contributed by atoms with Crippen molar-refractivity contribution in [3.8, 4) is 5.75 Å². The van der Waals surface area contributed by atoms with Crippen LogP contribution >= 0.6 is 15.9 Å². The van der Waals surface area contributed by atoms with Crippen LogP contribution in [-0.4, -0.2) is 59.9 Å². The first-order valence-corrected chi connectivity index (χ1v) is 11.9. The van der Waals surface area contributed by atoms with Gasteiger partial charge in [0.1, 0.15) is 11.5 Å². The number of carbonyl (C=O) groups excluding carboxylic acids is 2. The lowest BCUT2D eigenvalue weighted by atomic mass is 9.94. The Hall–Kier alpha value is -2.64. The number of ether oxygens (including phenoxy) is 1. The Balaban J connectivity index is 2.07. The van der Waals surface area contributed by atoms with E-state index in [4.69, 9.17) is 4.74 Å². The second-order valence-electron chi connectivity index (χ2n) is 8.85. The topological polar surface area (TPSA) is 70.1 Å². The molecule has 1 atom stereocenters. The fourth-order valence-corrected chi connectivity index (χ4v) is 4.26. The van der Waals surface area contributed by atoms with Gasteiger partial charge in [-0.3, -0.25) is 9.59 Å². The molecular formula is C26H31BrN2O4. The zero-order valence-corrected chi connectivity index (χ0v) is 21.3. The zero-order valence-electron chi connectivity index (χ0n) is 19.8. The maximum Gasteiger partial charge on any atom is 0.295 e. The fraction of sp³-hybridized carbons (Fsp3) is 0.385. The third-order valence-corrected chi connectivity index (χ3v) is 6.07. The third-order valence-electron chi connectivity index (χ3n) is 5.54. The van der Waals surface area contributed by atoms with Crippen LogP contribution in [0.2, 0.25) is 0 Å². The number of benzene rings is 2.